The average Bonchev–Trinajstić information content (AvgIpc) is 3.10. The van der Waals surface area contributed by atoms with Crippen LogP contribution in [0.4, 0.5) is 5.82 Å². The molecule has 1 N–H and O–H groups in total. The van der Waals surface area contributed by atoms with Crippen molar-refractivity contribution >= 4 is 16.7 Å². The summed E-state index contributed by atoms with van der Waals surface area (Å²) in [6.07, 6.45) is 7.53. The molecule has 1 aliphatic carbocycles. The Hall–Kier alpha value is -2.76. The predicted octanol–water partition coefficient (Wildman–Crippen LogP) is 3.32. The summed E-state index contributed by atoms with van der Waals surface area (Å²) in [7, 11) is 0. The van der Waals surface area contributed by atoms with Crippen LogP contribution in [0, 0.1) is 0 Å². The molecule has 1 aromatic carbocycles. The van der Waals surface area contributed by atoms with Gasteiger partial charge in [-0.2, -0.15) is 0 Å². The first kappa shape index (κ1) is 15.5. The van der Waals surface area contributed by atoms with Crippen LogP contribution in [0.25, 0.3) is 10.9 Å². The van der Waals surface area contributed by atoms with Gasteiger partial charge in [-0.15, -0.1) is 0 Å². The van der Waals surface area contributed by atoms with E-state index in [0.29, 0.717) is 11.3 Å². The summed E-state index contributed by atoms with van der Waals surface area (Å²) in [4.78, 5) is 31.8. The van der Waals surface area contributed by atoms with E-state index in [1.54, 1.807) is 0 Å². The average molecular weight is 347 g/mol. The van der Waals surface area contributed by atoms with Gasteiger partial charge in [-0.05, 0) is 43.9 Å². The van der Waals surface area contributed by atoms with Gasteiger partial charge in [0, 0.05) is 18.7 Å². The molecule has 132 valence electrons. The maximum atomic E-state index is 12.4. The zero-order chi connectivity index (χ0) is 17.5. The van der Waals surface area contributed by atoms with Gasteiger partial charge in [-0.3, -0.25) is 4.79 Å². The molecule has 1 saturated heterocycles. The number of nitrogens with one attached hydrogen (secondary N) is 1. The lowest BCUT2D eigenvalue weighted by atomic mass is 9.85. The first-order valence-corrected chi connectivity index (χ1v) is 9.38. The Labute approximate surface area is 151 Å². The molecule has 3 heterocycles. The topological polar surface area (TPSA) is 74.8 Å². The fourth-order valence-corrected chi connectivity index (χ4v) is 3.97. The zero-order valence-electron chi connectivity index (χ0n) is 14.6. The van der Waals surface area contributed by atoms with Crippen LogP contribution in [0.5, 0.6) is 0 Å². The first-order valence-electron chi connectivity index (χ1n) is 9.38. The van der Waals surface area contributed by atoms with Gasteiger partial charge in [0.2, 0.25) is 0 Å². The van der Waals surface area contributed by atoms with E-state index < -0.39 is 0 Å². The molecule has 0 radical (unpaired) electrons. The van der Waals surface area contributed by atoms with E-state index >= 15 is 0 Å². The van der Waals surface area contributed by atoms with Crippen LogP contribution in [0.1, 0.15) is 55.7 Å². The van der Waals surface area contributed by atoms with Crippen molar-refractivity contribution in [2.75, 3.05) is 11.4 Å². The predicted molar refractivity (Wildman–Crippen MR) is 100 cm³/mol. The number of rotatable bonds is 3. The molecule has 6 nitrogen and oxygen atoms in total. The lowest BCUT2D eigenvalue weighted by Crippen LogP contribution is -2.27. The maximum Gasteiger partial charge on any atom is 0.258 e. The quantitative estimate of drug-likeness (QED) is 0.787. The second-order valence-corrected chi connectivity index (χ2v) is 7.22. The zero-order valence-corrected chi connectivity index (χ0v) is 14.6. The van der Waals surface area contributed by atoms with Gasteiger partial charge in [0.05, 0.1) is 16.9 Å². The molecule has 1 saturated carbocycles. The van der Waals surface area contributed by atoms with Crippen LogP contribution >= 0.6 is 0 Å². The number of aromatic nitrogens is 4. The molecule has 6 heteroatoms. The fourth-order valence-electron chi connectivity index (χ4n) is 3.97. The molecular weight excluding hydrogens is 326 g/mol. The lowest BCUT2D eigenvalue weighted by molar-refractivity contribution is 0.401. The summed E-state index contributed by atoms with van der Waals surface area (Å²) in [5.41, 5.74) is 0.672. The monoisotopic (exact) mass is 347 g/mol. The summed E-state index contributed by atoms with van der Waals surface area (Å²) >= 11 is 0. The van der Waals surface area contributed by atoms with Crippen LogP contribution in [-0.2, 0) is 0 Å². The van der Waals surface area contributed by atoms with E-state index in [9.17, 15) is 4.79 Å². The van der Waals surface area contributed by atoms with Gasteiger partial charge in [0.1, 0.15) is 17.5 Å². The smallest absolute Gasteiger partial charge is 0.258 e. The van der Waals surface area contributed by atoms with Crippen LogP contribution in [-0.4, -0.2) is 26.5 Å². The van der Waals surface area contributed by atoms with Crippen molar-refractivity contribution in [2.45, 2.75) is 44.1 Å². The Morgan fingerprint density at radius 2 is 1.92 bits per heavy atom. The number of fused-ring (bicyclic) bond motifs is 1. The fraction of sp³-hybridized carbons (Fsp3) is 0.400. The number of H-pyrrole nitrogens is 1. The minimum Gasteiger partial charge on any atom is -0.346 e. The third kappa shape index (κ3) is 2.57. The van der Waals surface area contributed by atoms with Crippen molar-refractivity contribution in [1.82, 2.24) is 19.9 Å². The van der Waals surface area contributed by atoms with Gasteiger partial charge in [0.25, 0.3) is 5.56 Å². The Kier molecular flexibility index (Phi) is 3.69. The number of hydrogen-bond donors (Lipinski definition) is 1. The molecular formula is C20H21N5O. The minimum absolute atomic E-state index is 0.0523. The van der Waals surface area contributed by atoms with Crippen molar-refractivity contribution in [3.05, 3.63) is 58.5 Å². The van der Waals surface area contributed by atoms with Crippen LogP contribution < -0.4 is 10.5 Å². The molecule has 1 unspecified atom stereocenters. The van der Waals surface area contributed by atoms with Crippen molar-refractivity contribution in [1.29, 1.82) is 0 Å². The van der Waals surface area contributed by atoms with Gasteiger partial charge in [-0.1, -0.05) is 18.6 Å². The highest BCUT2D eigenvalue weighted by atomic mass is 16.1. The number of benzene rings is 1. The third-order valence-electron chi connectivity index (χ3n) is 5.62. The molecule has 1 aliphatic heterocycles. The molecule has 5 rings (SSSR count). The third-order valence-corrected chi connectivity index (χ3v) is 5.62. The van der Waals surface area contributed by atoms with E-state index in [2.05, 4.69) is 14.9 Å². The summed E-state index contributed by atoms with van der Waals surface area (Å²) in [5, 5.41) is 0.634. The summed E-state index contributed by atoms with van der Waals surface area (Å²) in [6.45, 7) is 0.919. The standard InChI is InChI=1S/C20H21N5O/c26-20-14-7-1-2-8-15(14)22-19(24-20)16-9-4-12-25(16)17-10-11-21-18(23-17)13-5-3-6-13/h1-2,7-8,10-11,13,16H,3-6,9,12H2,(H,22,24,26). The number of aromatic amines is 1. The second kappa shape index (κ2) is 6.20. The summed E-state index contributed by atoms with van der Waals surface area (Å²) in [6, 6.07) is 9.51. The van der Waals surface area contributed by atoms with Crippen molar-refractivity contribution < 1.29 is 0 Å². The molecule has 3 aromatic rings. The molecule has 2 fully saturated rings. The SMILES string of the molecule is O=c1[nH]c(C2CCCN2c2ccnc(C3CCC3)n2)nc2ccccc12. The van der Waals surface area contributed by atoms with Crippen LogP contribution in [0.15, 0.2) is 41.3 Å². The van der Waals surface area contributed by atoms with Gasteiger partial charge in [0.15, 0.2) is 0 Å². The van der Waals surface area contributed by atoms with Crippen molar-refractivity contribution in [3.8, 4) is 0 Å². The molecule has 26 heavy (non-hydrogen) atoms. The molecule has 2 aliphatic rings. The first-order chi connectivity index (χ1) is 12.8. The molecule has 2 aromatic heterocycles. The molecule has 0 amide bonds. The van der Waals surface area contributed by atoms with Crippen LogP contribution in [0.3, 0.4) is 0 Å². The van der Waals surface area contributed by atoms with E-state index in [4.69, 9.17) is 9.97 Å². The summed E-state index contributed by atoms with van der Waals surface area (Å²) in [5.74, 6) is 3.14. The largest absolute Gasteiger partial charge is 0.346 e. The van der Waals surface area contributed by atoms with Gasteiger partial charge < -0.3 is 9.88 Å². The highest BCUT2D eigenvalue weighted by Crippen LogP contribution is 2.37. The Morgan fingerprint density at radius 1 is 1.04 bits per heavy atom. The van der Waals surface area contributed by atoms with Crippen molar-refractivity contribution in [2.24, 2.45) is 0 Å². The highest BCUT2D eigenvalue weighted by Gasteiger charge is 2.30. The normalized spacial score (nSPS) is 20.5. The Morgan fingerprint density at radius 3 is 2.77 bits per heavy atom. The molecule has 0 bridgehead atoms. The Balaban J connectivity index is 1.52. The van der Waals surface area contributed by atoms with Crippen molar-refractivity contribution in [3.63, 3.8) is 0 Å². The summed E-state index contributed by atoms with van der Waals surface area (Å²) < 4.78 is 0. The van der Waals surface area contributed by atoms with E-state index in [1.807, 2.05) is 36.5 Å². The Bertz CT molecular complexity index is 1010. The minimum atomic E-state index is -0.0738. The van der Waals surface area contributed by atoms with Gasteiger partial charge in [-0.25, -0.2) is 15.0 Å². The maximum absolute atomic E-state index is 12.4. The van der Waals surface area contributed by atoms with E-state index in [-0.39, 0.29) is 11.6 Å². The number of hydrogen-bond acceptors (Lipinski definition) is 5. The molecule has 1 atom stereocenters. The number of anilines is 1. The highest BCUT2D eigenvalue weighted by molar-refractivity contribution is 5.77. The number of para-hydroxylation sites is 1. The van der Waals surface area contributed by atoms with Gasteiger partial charge >= 0.3 is 0 Å². The number of nitrogens with zero attached hydrogens (tertiary/aromatic N) is 4. The lowest BCUT2D eigenvalue weighted by Gasteiger charge is -2.28. The van der Waals surface area contributed by atoms with Crippen LogP contribution in [0.2, 0.25) is 0 Å². The van der Waals surface area contributed by atoms with E-state index in [0.717, 1.165) is 42.4 Å². The van der Waals surface area contributed by atoms with E-state index in [1.165, 1.54) is 19.3 Å². The molecule has 0 spiro atoms. The second-order valence-electron chi connectivity index (χ2n) is 7.22.